The molecule has 7 heteroatoms. The van der Waals surface area contributed by atoms with Crippen molar-refractivity contribution < 1.29 is 28.7 Å². The lowest BCUT2D eigenvalue weighted by Gasteiger charge is -2.48. The van der Waals surface area contributed by atoms with Gasteiger partial charge in [0.2, 0.25) is 11.8 Å². The average molecular weight is 678 g/mol. The molecule has 0 radical (unpaired) electrons. The highest BCUT2D eigenvalue weighted by molar-refractivity contribution is 7.99. The molecule has 0 saturated carbocycles. The zero-order valence-corrected chi connectivity index (χ0v) is 28.9. The molecule has 3 aliphatic heterocycles. The van der Waals surface area contributed by atoms with Gasteiger partial charge in [0.05, 0.1) is 18.6 Å². The number of esters is 1. The van der Waals surface area contributed by atoms with E-state index in [0.717, 1.165) is 47.2 Å². The maximum Gasteiger partial charge on any atom is 0.352 e. The molecule has 0 aromatic heterocycles. The number of thioether (sulfide) groups is 1. The van der Waals surface area contributed by atoms with E-state index < -0.39 is 12.1 Å². The van der Waals surface area contributed by atoms with E-state index in [1.807, 2.05) is 66.7 Å². The molecule has 3 heterocycles. The minimum atomic E-state index is -1.40. The molecular formula is C42H47NO5S. The van der Waals surface area contributed by atoms with Gasteiger partial charge < -0.3 is 19.4 Å². The molecule has 3 fully saturated rings. The van der Waals surface area contributed by atoms with Crippen molar-refractivity contribution in [3.63, 3.8) is 0 Å². The zero-order valence-electron chi connectivity index (χ0n) is 28.1. The lowest BCUT2D eigenvalue weighted by atomic mass is 9.85. The normalized spacial score (nSPS) is 23.3. The summed E-state index contributed by atoms with van der Waals surface area (Å²) in [6.45, 7) is 0.629. The number of aryl methyl sites for hydroxylation is 1. The van der Waals surface area contributed by atoms with Gasteiger partial charge in [-0.05, 0) is 53.7 Å². The Hall–Kier alpha value is -3.91. The second-order valence-electron chi connectivity index (χ2n) is 13.4. The van der Waals surface area contributed by atoms with Crippen LogP contribution in [0.15, 0.2) is 121 Å². The van der Waals surface area contributed by atoms with Crippen molar-refractivity contribution in [1.29, 1.82) is 0 Å². The molecular weight excluding hydrogens is 631 g/mol. The third-order valence-corrected chi connectivity index (χ3v) is 11.9. The first-order valence-corrected chi connectivity index (χ1v) is 18.8. The van der Waals surface area contributed by atoms with E-state index in [1.54, 1.807) is 11.8 Å². The van der Waals surface area contributed by atoms with Crippen LogP contribution in [0.25, 0.3) is 0 Å². The van der Waals surface area contributed by atoms with Crippen molar-refractivity contribution in [2.24, 2.45) is 0 Å². The first kappa shape index (κ1) is 34.9. The Labute approximate surface area is 295 Å². The molecule has 4 aromatic rings. The fraction of sp³-hybridized carbons (Fsp3) is 0.381. The fourth-order valence-corrected chi connectivity index (χ4v) is 9.81. The van der Waals surface area contributed by atoms with E-state index in [2.05, 4.69) is 54.6 Å². The molecule has 7 rings (SSSR count). The van der Waals surface area contributed by atoms with Gasteiger partial charge in [-0.1, -0.05) is 121 Å². The third kappa shape index (κ3) is 7.64. The number of carbonyl (C=O) groups excluding carboxylic acids is 2. The van der Waals surface area contributed by atoms with Gasteiger partial charge in [0.25, 0.3) is 0 Å². The minimum absolute atomic E-state index is 0.112. The smallest absolute Gasteiger partial charge is 0.352 e. The Balaban J connectivity index is 0.00000134. The van der Waals surface area contributed by atoms with Gasteiger partial charge in [0.15, 0.2) is 0 Å². The van der Waals surface area contributed by atoms with Crippen LogP contribution in [-0.4, -0.2) is 53.0 Å². The predicted molar refractivity (Wildman–Crippen MR) is 192 cm³/mol. The summed E-state index contributed by atoms with van der Waals surface area (Å²) in [5.74, 6) is 0.600. The van der Waals surface area contributed by atoms with E-state index in [1.165, 1.54) is 43.2 Å². The Morgan fingerprint density at radius 1 is 0.755 bits per heavy atom. The van der Waals surface area contributed by atoms with Crippen molar-refractivity contribution in [3.05, 3.63) is 144 Å². The van der Waals surface area contributed by atoms with Gasteiger partial charge in [-0.15, -0.1) is 11.8 Å². The van der Waals surface area contributed by atoms with Crippen LogP contribution < -0.4 is 5.11 Å². The van der Waals surface area contributed by atoms with Crippen LogP contribution in [0.1, 0.15) is 67.2 Å². The van der Waals surface area contributed by atoms with Gasteiger partial charge >= 0.3 is 5.97 Å². The third-order valence-electron chi connectivity index (χ3n) is 10.8. The van der Waals surface area contributed by atoms with E-state index in [0.29, 0.717) is 18.5 Å². The van der Waals surface area contributed by atoms with Crippen LogP contribution >= 0.6 is 11.8 Å². The molecule has 0 amide bonds. The molecule has 49 heavy (non-hydrogen) atoms. The van der Waals surface area contributed by atoms with Crippen molar-refractivity contribution in [2.75, 3.05) is 12.3 Å². The summed E-state index contributed by atoms with van der Waals surface area (Å²) < 4.78 is 15.2. The molecule has 256 valence electrons. The summed E-state index contributed by atoms with van der Waals surface area (Å²) in [5.41, 5.74) is 2.45. The summed E-state index contributed by atoms with van der Waals surface area (Å²) in [7, 11) is 0. The molecule has 4 aromatic carbocycles. The van der Waals surface area contributed by atoms with Crippen molar-refractivity contribution in [2.45, 2.75) is 87.1 Å². The van der Waals surface area contributed by atoms with Crippen LogP contribution in [0.3, 0.4) is 0 Å². The van der Waals surface area contributed by atoms with E-state index in [4.69, 9.17) is 19.4 Å². The Morgan fingerprint density at radius 3 is 1.82 bits per heavy atom. The number of nitrogens with zero attached hydrogens (tertiary/aromatic N) is 1. The Bertz CT molecular complexity index is 1550. The molecule has 3 aliphatic rings. The SMILES string of the molecule is O=C(OC1CCC[N+]12C1CCCC2CC1)C(OC(Cc1ccccc1)SCCc1ccccc1)(c1ccccc1)c1ccccc1.O=C[O-]. The number of rotatable bonds is 12. The van der Waals surface area contributed by atoms with E-state index in [-0.39, 0.29) is 17.6 Å². The van der Waals surface area contributed by atoms with Gasteiger partial charge in [-0.25, -0.2) is 4.79 Å². The van der Waals surface area contributed by atoms with Crippen LogP contribution in [0.5, 0.6) is 0 Å². The van der Waals surface area contributed by atoms with Crippen molar-refractivity contribution >= 4 is 24.2 Å². The summed E-state index contributed by atoms with van der Waals surface area (Å²) in [6.07, 6.45) is 9.86. The highest BCUT2D eigenvalue weighted by atomic mass is 32.2. The summed E-state index contributed by atoms with van der Waals surface area (Å²) in [6, 6.07) is 42.5. The van der Waals surface area contributed by atoms with Gasteiger partial charge in [0.1, 0.15) is 5.44 Å². The molecule has 1 spiro atoms. The number of ether oxygens (including phenoxy) is 2. The lowest BCUT2D eigenvalue weighted by molar-refractivity contribution is -0.992. The van der Waals surface area contributed by atoms with Crippen molar-refractivity contribution in [3.8, 4) is 0 Å². The van der Waals surface area contributed by atoms with Crippen LogP contribution in [0, 0.1) is 0 Å². The number of benzene rings is 4. The predicted octanol–water partition coefficient (Wildman–Crippen LogP) is 7.05. The minimum Gasteiger partial charge on any atom is -0.554 e. The molecule has 6 nitrogen and oxygen atoms in total. The maximum absolute atomic E-state index is 15.2. The van der Waals surface area contributed by atoms with Gasteiger partial charge in [-0.2, -0.15) is 0 Å². The monoisotopic (exact) mass is 677 g/mol. The van der Waals surface area contributed by atoms with Crippen LogP contribution in [0.2, 0.25) is 0 Å². The first-order valence-electron chi connectivity index (χ1n) is 17.7. The van der Waals surface area contributed by atoms with Gasteiger partial charge in [0, 0.05) is 38.6 Å². The number of hydrogen-bond donors (Lipinski definition) is 0. The standard InChI is InChI=1S/C41H46NO3S.CH2O2/c43-40(44-38-25-14-29-42(38)36-23-13-24-37(42)27-26-36)41(34-19-9-3-10-20-34,35-21-11-4-12-22-35)45-39(31-33-17-7-2-8-18-33)46-30-28-32-15-5-1-6-16-32;2-1-3/h1-12,15-22,36-39H,13-14,23-31H2;1H,(H,2,3)/q+1;/p-1. The summed E-state index contributed by atoms with van der Waals surface area (Å²) >= 11 is 1.79. The number of piperidine rings is 1. The largest absolute Gasteiger partial charge is 0.554 e. The molecule has 4 unspecified atom stereocenters. The van der Waals surface area contributed by atoms with E-state index >= 15 is 4.79 Å². The number of hydrogen-bond acceptors (Lipinski definition) is 6. The molecule has 2 bridgehead atoms. The lowest BCUT2D eigenvalue weighted by Crippen LogP contribution is -2.63. The topological polar surface area (TPSA) is 75.7 Å². The van der Waals surface area contributed by atoms with Crippen molar-refractivity contribution in [1.82, 2.24) is 0 Å². The zero-order chi connectivity index (χ0) is 33.9. The van der Waals surface area contributed by atoms with Gasteiger partial charge in [-0.3, -0.25) is 4.48 Å². The highest BCUT2D eigenvalue weighted by Gasteiger charge is 2.60. The molecule has 3 saturated heterocycles. The van der Waals surface area contributed by atoms with Crippen LogP contribution in [-0.2, 0) is 37.5 Å². The number of carboxylic acid groups (broad SMARTS) is 1. The second kappa shape index (κ2) is 16.7. The maximum atomic E-state index is 15.2. The molecule has 4 atom stereocenters. The quantitative estimate of drug-likeness (QED) is 0.0693. The summed E-state index contributed by atoms with van der Waals surface area (Å²) in [5, 5.41) is 8.25. The average Bonchev–Trinajstić information content (AvgIpc) is 3.60. The Morgan fingerprint density at radius 2 is 1.27 bits per heavy atom. The van der Waals surface area contributed by atoms with Crippen LogP contribution in [0.4, 0.5) is 0 Å². The second-order valence-corrected chi connectivity index (χ2v) is 14.7. The number of quaternary nitrogens is 1. The molecule has 0 N–H and O–H groups in total. The number of carbonyl (C=O) groups is 2. The highest BCUT2D eigenvalue weighted by Crippen LogP contribution is 2.50. The van der Waals surface area contributed by atoms with E-state index in [9.17, 15) is 0 Å². The Kier molecular flexibility index (Phi) is 11.9. The molecule has 0 aliphatic carbocycles. The fourth-order valence-electron chi connectivity index (χ4n) is 8.67. The first-order chi connectivity index (χ1) is 24.1. The summed E-state index contributed by atoms with van der Waals surface area (Å²) in [4.78, 5) is 23.4.